The standard InChI is InChI=1S/C6H14N2S4/c1-2-9-10-3-6(7)4-11-12-5-8-6/h8H,2-5,7H2,1H3. The first kappa shape index (κ1) is 11.4. The summed E-state index contributed by atoms with van der Waals surface area (Å²) < 4.78 is 0. The van der Waals surface area contributed by atoms with Gasteiger partial charge in [0.15, 0.2) is 0 Å². The summed E-state index contributed by atoms with van der Waals surface area (Å²) in [5.74, 6) is 4.13. The molecule has 3 N–H and O–H groups in total. The van der Waals surface area contributed by atoms with Crippen LogP contribution < -0.4 is 11.1 Å². The van der Waals surface area contributed by atoms with E-state index in [1.54, 1.807) is 0 Å². The van der Waals surface area contributed by atoms with Gasteiger partial charge in [0.2, 0.25) is 0 Å². The van der Waals surface area contributed by atoms with Crippen molar-refractivity contribution in [3.8, 4) is 0 Å². The Morgan fingerprint density at radius 3 is 2.92 bits per heavy atom. The van der Waals surface area contributed by atoms with Crippen LogP contribution in [0.3, 0.4) is 0 Å². The Labute approximate surface area is 89.7 Å². The minimum atomic E-state index is -0.136. The highest BCUT2D eigenvalue weighted by Gasteiger charge is 2.27. The molecular formula is C6H14N2S4. The lowest BCUT2D eigenvalue weighted by atomic mass is 10.3. The van der Waals surface area contributed by atoms with E-state index in [9.17, 15) is 0 Å². The van der Waals surface area contributed by atoms with Gasteiger partial charge in [0.1, 0.15) is 0 Å². The van der Waals surface area contributed by atoms with E-state index < -0.39 is 0 Å². The lowest BCUT2D eigenvalue weighted by Crippen LogP contribution is -2.58. The Morgan fingerprint density at radius 1 is 1.50 bits per heavy atom. The molecule has 0 aromatic rings. The highest BCUT2D eigenvalue weighted by molar-refractivity contribution is 8.77. The second-order valence-electron chi connectivity index (χ2n) is 2.53. The number of nitrogens with one attached hydrogen (secondary N) is 1. The van der Waals surface area contributed by atoms with E-state index in [1.807, 2.05) is 43.2 Å². The number of rotatable bonds is 4. The second kappa shape index (κ2) is 5.93. The Bertz CT molecular complexity index is 127. The van der Waals surface area contributed by atoms with Gasteiger partial charge < -0.3 is 5.73 Å². The van der Waals surface area contributed by atoms with Crippen LogP contribution >= 0.6 is 43.2 Å². The van der Waals surface area contributed by atoms with E-state index in [2.05, 4.69) is 12.2 Å². The van der Waals surface area contributed by atoms with E-state index in [4.69, 9.17) is 5.73 Å². The third kappa shape index (κ3) is 4.02. The van der Waals surface area contributed by atoms with Gasteiger partial charge in [-0.05, 0) is 0 Å². The van der Waals surface area contributed by atoms with Gasteiger partial charge >= 0.3 is 0 Å². The van der Waals surface area contributed by atoms with Gasteiger partial charge in [0.25, 0.3) is 0 Å². The Hall–Kier alpha value is 1.32. The zero-order valence-corrected chi connectivity index (χ0v) is 10.3. The first-order valence-electron chi connectivity index (χ1n) is 3.79. The average Bonchev–Trinajstić information content (AvgIpc) is 2.06. The molecule has 0 amide bonds. The van der Waals surface area contributed by atoms with E-state index in [0.29, 0.717) is 0 Å². The molecule has 72 valence electrons. The molecule has 0 aromatic carbocycles. The number of nitrogens with two attached hydrogens (primary N) is 1. The number of hydrogen-bond donors (Lipinski definition) is 2. The van der Waals surface area contributed by atoms with Gasteiger partial charge in [-0.15, -0.1) is 0 Å². The average molecular weight is 242 g/mol. The van der Waals surface area contributed by atoms with Crippen molar-refractivity contribution in [2.24, 2.45) is 5.73 Å². The molecule has 0 bridgehead atoms. The molecule has 1 fully saturated rings. The molecule has 1 rings (SSSR count). The molecule has 0 saturated carbocycles. The van der Waals surface area contributed by atoms with Crippen LogP contribution in [0.5, 0.6) is 0 Å². The molecule has 1 heterocycles. The van der Waals surface area contributed by atoms with E-state index in [1.165, 1.54) is 0 Å². The van der Waals surface area contributed by atoms with Crippen LogP contribution in [0.25, 0.3) is 0 Å². The molecule has 1 atom stereocenters. The maximum atomic E-state index is 6.12. The lowest BCUT2D eigenvalue weighted by Gasteiger charge is -2.33. The van der Waals surface area contributed by atoms with Gasteiger partial charge in [-0.25, -0.2) is 0 Å². The molecule has 2 nitrogen and oxygen atoms in total. The van der Waals surface area contributed by atoms with Crippen molar-refractivity contribution in [2.75, 3.05) is 23.1 Å². The Kier molecular flexibility index (Phi) is 5.63. The lowest BCUT2D eigenvalue weighted by molar-refractivity contribution is 0.452. The topological polar surface area (TPSA) is 38.0 Å². The summed E-state index contributed by atoms with van der Waals surface area (Å²) in [6.07, 6.45) is 0. The molecule has 0 spiro atoms. The van der Waals surface area contributed by atoms with Crippen molar-refractivity contribution in [3.63, 3.8) is 0 Å². The van der Waals surface area contributed by atoms with Crippen molar-refractivity contribution in [3.05, 3.63) is 0 Å². The van der Waals surface area contributed by atoms with Gasteiger partial charge in [0.05, 0.1) is 11.5 Å². The van der Waals surface area contributed by atoms with Crippen molar-refractivity contribution in [1.82, 2.24) is 5.32 Å². The van der Waals surface area contributed by atoms with E-state index in [0.717, 1.165) is 23.1 Å². The van der Waals surface area contributed by atoms with Gasteiger partial charge in [0, 0.05) is 17.3 Å². The van der Waals surface area contributed by atoms with Crippen molar-refractivity contribution >= 4 is 43.2 Å². The summed E-state index contributed by atoms with van der Waals surface area (Å²) in [4.78, 5) is 0. The highest BCUT2D eigenvalue weighted by Crippen LogP contribution is 2.32. The first-order valence-corrected chi connectivity index (χ1v) is 8.77. The predicted octanol–water partition coefficient (Wildman–Crippen LogP) is 1.98. The van der Waals surface area contributed by atoms with Crippen LogP contribution in [-0.2, 0) is 0 Å². The molecule has 1 aliphatic heterocycles. The zero-order valence-electron chi connectivity index (χ0n) is 7.04. The molecule has 0 aromatic heterocycles. The minimum Gasteiger partial charge on any atom is -0.312 e. The normalized spacial score (nSPS) is 30.5. The third-order valence-electron chi connectivity index (χ3n) is 1.40. The largest absolute Gasteiger partial charge is 0.312 e. The van der Waals surface area contributed by atoms with Crippen LogP contribution in [0.15, 0.2) is 0 Å². The molecule has 1 unspecified atom stereocenters. The summed E-state index contributed by atoms with van der Waals surface area (Å²) in [6.45, 7) is 2.17. The zero-order chi connectivity index (χ0) is 8.86. The SMILES string of the molecule is CCSSCC1(N)CSSCN1. The highest BCUT2D eigenvalue weighted by atomic mass is 33.1. The molecule has 0 aliphatic carbocycles. The van der Waals surface area contributed by atoms with Crippen LogP contribution in [0.2, 0.25) is 0 Å². The molecule has 6 heteroatoms. The summed E-state index contributed by atoms with van der Waals surface area (Å²) in [5, 5.41) is 3.34. The van der Waals surface area contributed by atoms with Crippen molar-refractivity contribution in [2.45, 2.75) is 12.6 Å². The summed E-state index contributed by atoms with van der Waals surface area (Å²) in [6, 6.07) is 0. The van der Waals surface area contributed by atoms with Gasteiger partial charge in [-0.3, -0.25) is 5.32 Å². The third-order valence-corrected chi connectivity index (χ3v) is 6.27. The van der Waals surface area contributed by atoms with Crippen LogP contribution in [0.1, 0.15) is 6.92 Å². The molecule has 1 saturated heterocycles. The van der Waals surface area contributed by atoms with Gasteiger partial charge in [-0.2, -0.15) is 0 Å². The van der Waals surface area contributed by atoms with E-state index in [-0.39, 0.29) is 5.66 Å². The van der Waals surface area contributed by atoms with E-state index >= 15 is 0 Å². The summed E-state index contributed by atoms with van der Waals surface area (Å²) in [5.41, 5.74) is 5.98. The fourth-order valence-electron chi connectivity index (χ4n) is 0.736. The van der Waals surface area contributed by atoms with Crippen molar-refractivity contribution in [1.29, 1.82) is 0 Å². The summed E-state index contributed by atoms with van der Waals surface area (Å²) >= 11 is 0. The monoisotopic (exact) mass is 242 g/mol. The maximum Gasteiger partial charge on any atom is 0.0871 e. The predicted molar refractivity (Wildman–Crippen MR) is 65.6 cm³/mol. The fourth-order valence-corrected chi connectivity index (χ4v) is 5.15. The Morgan fingerprint density at radius 2 is 2.33 bits per heavy atom. The molecule has 12 heavy (non-hydrogen) atoms. The fraction of sp³-hybridized carbons (Fsp3) is 1.00. The molecular weight excluding hydrogens is 228 g/mol. The molecule has 0 radical (unpaired) electrons. The van der Waals surface area contributed by atoms with Crippen LogP contribution in [-0.4, -0.2) is 28.8 Å². The maximum absolute atomic E-state index is 6.12. The summed E-state index contributed by atoms with van der Waals surface area (Å²) in [7, 11) is 7.46. The number of hydrogen-bond acceptors (Lipinski definition) is 6. The van der Waals surface area contributed by atoms with Crippen molar-refractivity contribution < 1.29 is 0 Å². The van der Waals surface area contributed by atoms with Gasteiger partial charge in [-0.1, -0.05) is 50.1 Å². The van der Waals surface area contributed by atoms with Crippen LogP contribution in [0.4, 0.5) is 0 Å². The first-order chi connectivity index (χ1) is 5.77. The van der Waals surface area contributed by atoms with Crippen LogP contribution in [0, 0.1) is 0 Å². The minimum absolute atomic E-state index is 0.136. The molecule has 1 aliphatic rings. The smallest absolute Gasteiger partial charge is 0.0871 e. The quantitative estimate of drug-likeness (QED) is 0.580. The Balaban J connectivity index is 2.17. The second-order valence-corrected chi connectivity index (χ2v) is 7.74.